The van der Waals surface area contributed by atoms with Gasteiger partial charge < -0.3 is 0 Å². The highest BCUT2D eigenvalue weighted by atomic mass is 35.5. The fourth-order valence-electron chi connectivity index (χ4n) is 1.82. The van der Waals surface area contributed by atoms with Gasteiger partial charge in [0.05, 0.1) is 11.9 Å². The summed E-state index contributed by atoms with van der Waals surface area (Å²) in [5, 5.41) is 6.32. The van der Waals surface area contributed by atoms with Crippen LogP contribution in [0.15, 0.2) is 11.1 Å². The summed E-state index contributed by atoms with van der Waals surface area (Å²) in [5.74, 6) is 0.309. The number of halogens is 1. The minimum absolute atomic E-state index is 0.198. The fourth-order valence-corrected chi connectivity index (χ4v) is 3.83. The molecule has 1 fully saturated rings. The van der Waals surface area contributed by atoms with E-state index in [2.05, 4.69) is 14.9 Å². The molecule has 0 spiro atoms. The van der Waals surface area contributed by atoms with Crippen LogP contribution in [0, 0.1) is 6.92 Å². The molecule has 1 heterocycles. The van der Waals surface area contributed by atoms with Crippen molar-refractivity contribution < 1.29 is 8.42 Å². The number of alkyl halides is 1. The highest BCUT2D eigenvalue weighted by molar-refractivity contribution is 7.89. The second-order valence-corrected chi connectivity index (χ2v) is 6.15. The second kappa shape index (κ2) is 4.01. The predicted octanol–water partition coefficient (Wildman–Crippen LogP) is 1.16. The van der Waals surface area contributed by atoms with E-state index in [0.717, 1.165) is 19.3 Å². The van der Waals surface area contributed by atoms with Gasteiger partial charge in [-0.25, -0.2) is 13.1 Å². The molecular weight excluding hydrogens is 250 g/mol. The summed E-state index contributed by atoms with van der Waals surface area (Å²) in [6.07, 6.45) is 3.93. The third-order valence-electron chi connectivity index (χ3n) is 2.99. The van der Waals surface area contributed by atoms with E-state index < -0.39 is 15.6 Å². The van der Waals surface area contributed by atoms with Gasteiger partial charge >= 0.3 is 0 Å². The molecule has 0 atom stereocenters. The van der Waals surface area contributed by atoms with Gasteiger partial charge in [0, 0.05) is 11.4 Å². The maximum absolute atomic E-state index is 12.1. The lowest BCUT2D eigenvalue weighted by molar-refractivity contribution is 0.252. The topological polar surface area (TPSA) is 74.8 Å². The molecule has 5 nitrogen and oxygen atoms in total. The van der Waals surface area contributed by atoms with Crippen molar-refractivity contribution in [2.24, 2.45) is 0 Å². The molecule has 1 aromatic heterocycles. The van der Waals surface area contributed by atoms with E-state index in [1.165, 1.54) is 6.20 Å². The third kappa shape index (κ3) is 1.97. The third-order valence-corrected chi connectivity index (χ3v) is 5.19. The zero-order valence-electron chi connectivity index (χ0n) is 8.96. The van der Waals surface area contributed by atoms with Crippen LogP contribution < -0.4 is 4.72 Å². The number of nitrogens with zero attached hydrogens (tertiary/aromatic N) is 1. The average molecular weight is 264 g/mol. The Labute approximate surface area is 99.6 Å². The Morgan fingerprint density at radius 3 is 2.69 bits per heavy atom. The van der Waals surface area contributed by atoms with Crippen LogP contribution >= 0.6 is 11.6 Å². The number of sulfonamides is 1. The molecule has 0 radical (unpaired) electrons. The molecule has 0 aliphatic heterocycles. The molecule has 1 saturated carbocycles. The number of hydrogen-bond acceptors (Lipinski definition) is 3. The molecule has 16 heavy (non-hydrogen) atoms. The van der Waals surface area contributed by atoms with Gasteiger partial charge in [-0.1, -0.05) is 0 Å². The summed E-state index contributed by atoms with van der Waals surface area (Å²) >= 11 is 5.82. The van der Waals surface area contributed by atoms with Crippen molar-refractivity contribution >= 4 is 21.6 Å². The van der Waals surface area contributed by atoms with Gasteiger partial charge in [-0.05, 0) is 26.2 Å². The zero-order valence-corrected chi connectivity index (χ0v) is 10.5. The lowest BCUT2D eigenvalue weighted by Crippen LogP contribution is -2.54. The molecule has 2 N–H and O–H groups in total. The van der Waals surface area contributed by atoms with Crippen LogP contribution in [0.25, 0.3) is 0 Å². The molecule has 0 amide bonds. The van der Waals surface area contributed by atoms with Crippen LogP contribution in [0.2, 0.25) is 0 Å². The molecule has 0 saturated heterocycles. The lowest BCUT2D eigenvalue weighted by Gasteiger charge is -2.40. The van der Waals surface area contributed by atoms with Crippen LogP contribution in [0.3, 0.4) is 0 Å². The van der Waals surface area contributed by atoms with E-state index in [-0.39, 0.29) is 4.90 Å². The van der Waals surface area contributed by atoms with Crippen LogP contribution in [0.4, 0.5) is 0 Å². The normalized spacial score (nSPS) is 19.4. The maximum Gasteiger partial charge on any atom is 0.244 e. The van der Waals surface area contributed by atoms with Gasteiger partial charge in [-0.2, -0.15) is 5.10 Å². The summed E-state index contributed by atoms with van der Waals surface area (Å²) in [6.45, 7) is 1.68. The van der Waals surface area contributed by atoms with E-state index in [4.69, 9.17) is 11.6 Å². The van der Waals surface area contributed by atoms with Gasteiger partial charge in [0.15, 0.2) is 0 Å². The van der Waals surface area contributed by atoms with Crippen molar-refractivity contribution in [3.8, 4) is 0 Å². The Morgan fingerprint density at radius 1 is 1.62 bits per heavy atom. The number of aromatic amines is 1. The van der Waals surface area contributed by atoms with E-state index in [1.807, 2.05) is 0 Å². The number of hydrogen-bond donors (Lipinski definition) is 2. The largest absolute Gasteiger partial charge is 0.281 e. The van der Waals surface area contributed by atoms with Crippen molar-refractivity contribution in [3.05, 3.63) is 11.9 Å². The van der Waals surface area contributed by atoms with Crippen molar-refractivity contribution in [3.63, 3.8) is 0 Å². The van der Waals surface area contributed by atoms with Gasteiger partial charge in [0.1, 0.15) is 4.90 Å². The molecule has 2 rings (SSSR count). The van der Waals surface area contributed by atoms with E-state index >= 15 is 0 Å². The Bertz CT molecular complexity index is 473. The van der Waals surface area contributed by atoms with Crippen LogP contribution in [-0.2, 0) is 10.0 Å². The zero-order chi connectivity index (χ0) is 11.8. The molecule has 1 aliphatic carbocycles. The van der Waals surface area contributed by atoms with Gasteiger partial charge in [-0.3, -0.25) is 5.10 Å². The van der Waals surface area contributed by atoms with Crippen molar-refractivity contribution in [1.29, 1.82) is 0 Å². The monoisotopic (exact) mass is 263 g/mol. The second-order valence-electron chi connectivity index (χ2n) is 4.23. The number of aryl methyl sites for hydroxylation is 1. The predicted molar refractivity (Wildman–Crippen MR) is 60.9 cm³/mol. The van der Waals surface area contributed by atoms with E-state index in [1.54, 1.807) is 6.92 Å². The van der Waals surface area contributed by atoms with Crippen LogP contribution in [0.5, 0.6) is 0 Å². The Morgan fingerprint density at radius 2 is 2.31 bits per heavy atom. The SMILES string of the molecule is Cc1[nH]ncc1S(=O)(=O)NC1(CCl)CCC1. The van der Waals surface area contributed by atoms with Crippen molar-refractivity contribution in [1.82, 2.24) is 14.9 Å². The minimum atomic E-state index is -3.51. The smallest absolute Gasteiger partial charge is 0.244 e. The summed E-state index contributed by atoms with van der Waals surface area (Å²) in [5.41, 5.74) is 0.0842. The Kier molecular flexibility index (Phi) is 2.98. The van der Waals surface area contributed by atoms with Crippen molar-refractivity contribution in [2.45, 2.75) is 36.6 Å². The molecule has 7 heteroatoms. The first-order chi connectivity index (χ1) is 7.49. The van der Waals surface area contributed by atoms with Crippen molar-refractivity contribution in [2.75, 3.05) is 5.88 Å². The van der Waals surface area contributed by atoms with Gasteiger partial charge in [0.25, 0.3) is 0 Å². The maximum atomic E-state index is 12.1. The number of nitrogens with one attached hydrogen (secondary N) is 2. The number of H-pyrrole nitrogens is 1. The molecule has 90 valence electrons. The first kappa shape index (κ1) is 11.9. The highest BCUT2D eigenvalue weighted by Gasteiger charge is 2.40. The van der Waals surface area contributed by atoms with Gasteiger partial charge in [0.2, 0.25) is 10.0 Å². The Balaban J connectivity index is 2.24. The molecule has 0 bridgehead atoms. The first-order valence-corrected chi connectivity index (χ1v) is 7.11. The minimum Gasteiger partial charge on any atom is -0.281 e. The quantitative estimate of drug-likeness (QED) is 0.801. The molecular formula is C9H14ClN3O2S. The van der Waals surface area contributed by atoms with E-state index in [9.17, 15) is 8.42 Å². The highest BCUT2D eigenvalue weighted by Crippen LogP contribution is 2.34. The molecule has 0 unspecified atom stereocenters. The first-order valence-electron chi connectivity index (χ1n) is 5.09. The molecule has 1 aliphatic rings. The summed E-state index contributed by atoms with van der Waals surface area (Å²) in [6, 6.07) is 0. The lowest BCUT2D eigenvalue weighted by atomic mass is 9.79. The Hall–Kier alpha value is -0.590. The number of rotatable bonds is 4. The van der Waals surface area contributed by atoms with E-state index in [0.29, 0.717) is 11.6 Å². The molecule has 1 aromatic rings. The summed E-state index contributed by atoms with van der Waals surface area (Å²) in [4.78, 5) is 0.198. The summed E-state index contributed by atoms with van der Waals surface area (Å²) in [7, 11) is -3.51. The molecule has 0 aromatic carbocycles. The standard InChI is InChI=1S/C9H14ClN3O2S/c1-7-8(5-11-12-7)16(14,15)13-9(6-10)3-2-4-9/h5,13H,2-4,6H2,1H3,(H,11,12). The average Bonchev–Trinajstić information content (AvgIpc) is 2.59. The fraction of sp³-hybridized carbons (Fsp3) is 0.667. The van der Waals surface area contributed by atoms with Crippen LogP contribution in [0.1, 0.15) is 25.0 Å². The number of aromatic nitrogens is 2. The van der Waals surface area contributed by atoms with Crippen LogP contribution in [-0.4, -0.2) is 30.0 Å². The van der Waals surface area contributed by atoms with Gasteiger partial charge in [-0.15, -0.1) is 11.6 Å². The summed E-state index contributed by atoms with van der Waals surface area (Å²) < 4.78 is 26.8.